The maximum absolute atomic E-state index is 11.7. The molecule has 1 aromatic heterocycles. The molecule has 0 saturated heterocycles. The van der Waals surface area contributed by atoms with Crippen LogP contribution in [0, 0.1) is 11.3 Å². The monoisotopic (exact) mass is 287 g/mol. The summed E-state index contributed by atoms with van der Waals surface area (Å²) in [5.41, 5.74) is 0.190. The molecule has 1 aromatic carbocycles. The molecule has 0 aliphatic carbocycles. The minimum Gasteiger partial charge on any atom is -0.493 e. The van der Waals surface area contributed by atoms with Crippen LogP contribution in [0.15, 0.2) is 23.3 Å². The van der Waals surface area contributed by atoms with Crippen LogP contribution in [0.4, 0.5) is 0 Å². The van der Waals surface area contributed by atoms with Crippen LogP contribution in [0.3, 0.4) is 0 Å². The molecule has 108 valence electrons. The van der Waals surface area contributed by atoms with E-state index in [2.05, 4.69) is 9.97 Å². The Hall–Kier alpha value is -3.01. The number of hydrogen-bond acceptors (Lipinski definition) is 6. The minimum atomic E-state index is -0.503. The number of nitrogens with one attached hydrogen (secondary N) is 1. The molecule has 0 unspecified atom stereocenters. The second-order valence-corrected chi connectivity index (χ2v) is 3.98. The van der Waals surface area contributed by atoms with Gasteiger partial charge in [0.1, 0.15) is 11.6 Å². The van der Waals surface area contributed by atoms with Crippen molar-refractivity contribution >= 4 is 0 Å². The number of nitriles is 1. The van der Waals surface area contributed by atoms with E-state index >= 15 is 0 Å². The van der Waals surface area contributed by atoms with E-state index in [9.17, 15) is 4.79 Å². The molecule has 0 aliphatic rings. The van der Waals surface area contributed by atoms with Crippen molar-refractivity contribution in [3.05, 3.63) is 34.4 Å². The van der Waals surface area contributed by atoms with E-state index < -0.39 is 5.56 Å². The van der Waals surface area contributed by atoms with Crippen molar-refractivity contribution in [1.82, 2.24) is 9.97 Å². The van der Waals surface area contributed by atoms with Gasteiger partial charge in [0.25, 0.3) is 5.56 Å². The van der Waals surface area contributed by atoms with Gasteiger partial charge in [-0.2, -0.15) is 5.26 Å². The molecule has 0 radical (unpaired) electrons. The second kappa shape index (κ2) is 5.96. The molecule has 0 atom stereocenters. The van der Waals surface area contributed by atoms with Crippen molar-refractivity contribution in [3.8, 4) is 34.6 Å². The Kier molecular flexibility index (Phi) is 4.09. The average Bonchev–Trinajstić information content (AvgIpc) is 2.52. The van der Waals surface area contributed by atoms with Crippen LogP contribution in [-0.2, 0) is 0 Å². The van der Waals surface area contributed by atoms with E-state index in [0.29, 0.717) is 22.8 Å². The van der Waals surface area contributed by atoms with Gasteiger partial charge < -0.3 is 19.2 Å². The molecule has 1 heterocycles. The SMILES string of the molecule is COc1cc(-c2nc[nH]c(=O)c2C#N)cc(OC)c1OC. The Morgan fingerprint density at radius 1 is 1.14 bits per heavy atom. The number of methoxy groups -OCH3 is 3. The zero-order valence-electron chi connectivity index (χ0n) is 11.8. The number of nitrogens with zero attached hydrogens (tertiary/aromatic N) is 2. The van der Waals surface area contributed by atoms with Crippen molar-refractivity contribution in [2.75, 3.05) is 21.3 Å². The van der Waals surface area contributed by atoms with Crippen molar-refractivity contribution < 1.29 is 14.2 Å². The van der Waals surface area contributed by atoms with E-state index in [0.717, 1.165) is 0 Å². The molecule has 0 amide bonds. The number of rotatable bonds is 4. The summed E-state index contributed by atoms with van der Waals surface area (Å²) in [5, 5.41) is 9.12. The van der Waals surface area contributed by atoms with Crippen LogP contribution in [0.1, 0.15) is 5.56 Å². The van der Waals surface area contributed by atoms with Gasteiger partial charge in [-0.05, 0) is 12.1 Å². The first-order chi connectivity index (χ1) is 10.2. The highest BCUT2D eigenvalue weighted by atomic mass is 16.5. The van der Waals surface area contributed by atoms with E-state index in [1.54, 1.807) is 12.1 Å². The van der Waals surface area contributed by atoms with Gasteiger partial charge in [-0.3, -0.25) is 4.79 Å². The van der Waals surface area contributed by atoms with Gasteiger partial charge in [-0.25, -0.2) is 4.98 Å². The van der Waals surface area contributed by atoms with E-state index in [4.69, 9.17) is 19.5 Å². The first kappa shape index (κ1) is 14.4. The highest BCUT2D eigenvalue weighted by molar-refractivity contribution is 5.72. The third-order valence-corrected chi connectivity index (χ3v) is 2.90. The molecule has 0 saturated carbocycles. The fraction of sp³-hybridized carbons (Fsp3) is 0.214. The number of ether oxygens (including phenoxy) is 3. The number of aromatic nitrogens is 2. The highest BCUT2D eigenvalue weighted by Gasteiger charge is 2.17. The first-order valence-electron chi connectivity index (χ1n) is 5.94. The lowest BCUT2D eigenvalue weighted by atomic mass is 10.1. The third-order valence-electron chi connectivity index (χ3n) is 2.90. The normalized spacial score (nSPS) is 9.81. The van der Waals surface area contributed by atoms with E-state index in [1.807, 2.05) is 6.07 Å². The molecule has 21 heavy (non-hydrogen) atoms. The summed E-state index contributed by atoms with van der Waals surface area (Å²) in [7, 11) is 4.46. The molecule has 7 nitrogen and oxygen atoms in total. The largest absolute Gasteiger partial charge is 0.493 e. The van der Waals surface area contributed by atoms with Crippen LogP contribution >= 0.6 is 0 Å². The standard InChI is InChI=1S/C14H13N3O4/c1-19-10-4-8(5-11(20-2)13(10)21-3)12-9(6-15)14(18)17-7-16-12/h4-5,7H,1-3H3,(H,16,17,18). The maximum atomic E-state index is 11.7. The summed E-state index contributed by atoms with van der Waals surface area (Å²) in [6.45, 7) is 0. The van der Waals surface area contributed by atoms with Crippen molar-refractivity contribution in [2.45, 2.75) is 0 Å². The van der Waals surface area contributed by atoms with Crippen LogP contribution in [-0.4, -0.2) is 31.3 Å². The van der Waals surface area contributed by atoms with Gasteiger partial charge in [-0.1, -0.05) is 0 Å². The van der Waals surface area contributed by atoms with Gasteiger partial charge in [-0.15, -0.1) is 0 Å². The summed E-state index contributed by atoms with van der Waals surface area (Å²) in [6.07, 6.45) is 1.24. The van der Waals surface area contributed by atoms with Gasteiger partial charge in [0.05, 0.1) is 33.4 Å². The third kappa shape index (κ3) is 2.51. The van der Waals surface area contributed by atoms with Crippen molar-refractivity contribution in [2.24, 2.45) is 0 Å². The number of hydrogen-bond donors (Lipinski definition) is 1. The fourth-order valence-corrected chi connectivity index (χ4v) is 1.94. The van der Waals surface area contributed by atoms with Gasteiger partial charge in [0, 0.05) is 5.56 Å². The minimum absolute atomic E-state index is 0.0771. The fourth-order valence-electron chi connectivity index (χ4n) is 1.94. The first-order valence-corrected chi connectivity index (χ1v) is 5.94. The van der Waals surface area contributed by atoms with Gasteiger partial charge in [0.2, 0.25) is 5.75 Å². The Balaban J connectivity index is 2.74. The van der Waals surface area contributed by atoms with Crippen LogP contribution in [0.25, 0.3) is 11.3 Å². The second-order valence-electron chi connectivity index (χ2n) is 3.98. The molecular weight excluding hydrogens is 274 g/mol. The molecule has 0 aliphatic heterocycles. The topological polar surface area (TPSA) is 97.2 Å². The summed E-state index contributed by atoms with van der Waals surface area (Å²) >= 11 is 0. The number of H-pyrrole nitrogens is 1. The molecule has 0 spiro atoms. The van der Waals surface area contributed by atoms with E-state index in [-0.39, 0.29) is 11.3 Å². The molecule has 2 rings (SSSR count). The highest BCUT2D eigenvalue weighted by Crippen LogP contribution is 2.40. The molecule has 0 bridgehead atoms. The van der Waals surface area contributed by atoms with E-state index in [1.165, 1.54) is 27.7 Å². The molecular formula is C14H13N3O4. The lowest BCUT2D eigenvalue weighted by Gasteiger charge is -2.14. The van der Waals surface area contributed by atoms with Gasteiger partial charge in [0.15, 0.2) is 11.5 Å². The summed E-state index contributed by atoms with van der Waals surface area (Å²) < 4.78 is 15.7. The van der Waals surface area contributed by atoms with Crippen LogP contribution in [0.5, 0.6) is 17.2 Å². The Morgan fingerprint density at radius 2 is 1.76 bits per heavy atom. The predicted octanol–water partition coefficient (Wildman–Crippen LogP) is 1.33. The van der Waals surface area contributed by atoms with Crippen molar-refractivity contribution in [1.29, 1.82) is 5.26 Å². The summed E-state index contributed by atoms with van der Waals surface area (Å²) in [4.78, 5) is 18.1. The number of aromatic amines is 1. The lowest BCUT2D eigenvalue weighted by Crippen LogP contribution is -2.12. The van der Waals surface area contributed by atoms with Crippen LogP contribution < -0.4 is 19.8 Å². The smallest absolute Gasteiger partial charge is 0.269 e. The van der Waals surface area contributed by atoms with Crippen LogP contribution in [0.2, 0.25) is 0 Å². The quantitative estimate of drug-likeness (QED) is 0.911. The average molecular weight is 287 g/mol. The summed E-state index contributed by atoms with van der Waals surface area (Å²) in [5.74, 6) is 1.25. The predicted molar refractivity (Wildman–Crippen MR) is 74.7 cm³/mol. The zero-order valence-corrected chi connectivity index (χ0v) is 11.8. The van der Waals surface area contributed by atoms with Gasteiger partial charge >= 0.3 is 0 Å². The zero-order chi connectivity index (χ0) is 15.4. The Morgan fingerprint density at radius 3 is 2.24 bits per heavy atom. The maximum Gasteiger partial charge on any atom is 0.269 e. The molecule has 1 N–H and O–H groups in total. The molecule has 2 aromatic rings. The number of benzene rings is 1. The summed E-state index contributed by atoms with van der Waals surface area (Å²) in [6, 6.07) is 5.10. The lowest BCUT2D eigenvalue weighted by molar-refractivity contribution is 0.324. The molecule has 0 fully saturated rings. The Bertz CT molecular complexity index is 737. The molecule has 7 heteroatoms. The van der Waals surface area contributed by atoms with Crippen molar-refractivity contribution in [3.63, 3.8) is 0 Å². The Labute approximate surface area is 120 Å².